The number of hydrogen-bond donors (Lipinski definition) is 2. The number of methoxy groups -OCH3 is 1. The van der Waals surface area contributed by atoms with E-state index < -0.39 is 10.0 Å². The first-order chi connectivity index (χ1) is 14.2. The van der Waals surface area contributed by atoms with Crippen LogP contribution in [0, 0.1) is 13.8 Å². The van der Waals surface area contributed by atoms with E-state index in [1.165, 1.54) is 25.4 Å². The summed E-state index contributed by atoms with van der Waals surface area (Å²) in [7, 11) is -2.41. The van der Waals surface area contributed by atoms with Gasteiger partial charge in [-0.25, -0.2) is 13.4 Å². The van der Waals surface area contributed by atoms with Crippen molar-refractivity contribution in [1.82, 2.24) is 10.3 Å². The second kappa shape index (κ2) is 8.85. The Balaban J connectivity index is 1.80. The lowest BCUT2D eigenvalue weighted by Crippen LogP contribution is -2.18. The van der Waals surface area contributed by atoms with Gasteiger partial charge in [0.2, 0.25) is 5.91 Å². The number of anilines is 1. The minimum Gasteiger partial charge on any atom is -0.495 e. The van der Waals surface area contributed by atoms with Crippen LogP contribution in [-0.2, 0) is 21.4 Å². The van der Waals surface area contributed by atoms with Gasteiger partial charge in [-0.1, -0.05) is 24.3 Å². The van der Waals surface area contributed by atoms with Gasteiger partial charge >= 0.3 is 0 Å². The Labute approximate surface area is 180 Å². The van der Waals surface area contributed by atoms with E-state index in [1.807, 2.05) is 38.1 Å². The third-order valence-corrected chi connectivity index (χ3v) is 6.83. The molecule has 7 nitrogen and oxygen atoms in total. The maximum atomic E-state index is 12.9. The number of ether oxygens (including phenoxy) is 1. The molecule has 0 radical (unpaired) electrons. The summed E-state index contributed by atoms with van der Waals surface area (Å²) in [5, 5.41) is 4.80. The first-order valence-electron chi connectivity index (χ1n) is 9.17. The van der Waals surface area contributed by atoms with Crippen LogP contribution in [0.2, 0.25) is 0 Å². The van der Waals surface area contributed by atoms with Gasteiger partial charge in [0, 0.05) is 24.4 Å². The Morgan fingerprint density at radius 1 is 1.13 bits per heavy atom. The highest BCUT2D eigenvalue weighted by Crippen LogP contribution is 2.31. The van der Waals surface area contributed by atoms with E-state index in [1.54, 1.807) is 17.5 Å². The van der Waals surface area contributed by atoms with Crippen molar-refractivity contribution in [1.29, 1.82) is 0 Å². The Morgan fingerprint density at radius 3 is 2.43 bits per heavy atom. The summed E-state index contributed by atoms with van der Waals surface area (Å²) >= 11 is 1.21. The molecule has 0 saturated carbocycles. The number of hydrogen-bond acceptors (Lipinski definition) is 6. The number of thiazole rings is 1. The van der Waals surface area contributed by atoms with Crippen molar-refractivity contribution in [2.24, 2.45) is 0 Å². The molecule has 3 rings (SSSR count). The Morgan fingerprint density at radius 2 is 1.80 bits per heavy atom. The fraction of sp³-hybridized carbons (Fsp3) is 0.238. The number of nitrogens with zero attached hydrogens (tertiary/aromatic N) is 1. The second-order valence-electron chi connectivity index (χ2n) is 6.84. The number of amides is 1. The van der Waals surface area contributed by atoms with Crippen molar-refractivity contribution in [2.45, 2.75) is 32.2 Å². The normalized spacial score (nSPS) is 11.2. The van der Waals surface area contributed by atoms with Crippen LogP contribution in [0.3, 0.4) is 0 Å². The lowest BCUT2D eigenvalue weighted by Gasteiger charge is -2.12. The molecule has 158 valence electrons. The molecular weight excluding hydrogens is 422 g/mol. The zero-order valence-corrected chi connectivity index (χ0v) is 18.8. The van der Waals surface area contributed by atoms with Gasteiger partial charge in [0.25, 0.3) is 10.0 Å². The van der Waals surface area contributed by atoms with E-state index in [-0.39, 0.29) is 21.7 Å². The molecule has 0 spiro atoms. The predicted molar refractivity (Wildman–Crippen MR) is 118 cm³/mol. The van der Waals surface area contributed by atoms with Crippen molar-refractivity contribution in [3.05, 3.63) is 58.5 Å². The van der Waals surface area contributed by atoms with Gasteiger partial charge in [0.05, 0.1) is 12.8 Å². The quantitative estimate of drug-likeness (QED) is 0.575. The molecule has 0 aliphatic rings. The molecule has 2 N–H and O–H groups in total. The van der Waals surface area contributed by atoms with Gasteiger partial charge in [0.15, 0.2) is 5.13 Å². The van der Waals surface area contributed by atoms with Crippen LogP contribution < -0.4 is 14.8 Å². The lowest BCUT2D eigenvalue weighted by molar-refractivity contribution is -0.119. The van der Waals surface area contributed by atoms with E-state index in [0.717, 1.165) is 22.3 Å². The summed E-state index contributed by atoms with van der Waals surface area (Å²) in [5.41, 5.74) is 4.29. The summed E-state index contributed by atoms with van der Waals surface area (Å²) in [6.45, 7) is 5.68. The van der Waals surface area contributed by atoms with Crippen molar-refractivity contribution >= 4 is 32.4 Å². The van der Waals surface area contributed by atoms with Crippen molar-refractivity contribution in [3.63, 3.8) is 0 Å². The van der Waals surface area contributed by atoms with Crippen LogP contribution in [0.4, 0.5) is 5.13 Å². The van der Waals surface area contributed by atoms with Gasteiger partial charge in [0.1, 0.15) is 10.6 Å². The maximum Gasteiger partial charge on any atom is 0.267 e. The molecule has 0 bridgehead atoms. The van der Waals surface area contributed by atoms with E-state index in [4.69, 9.17) is 4.74 Å². The second-order valence-corrected chi connectivity index (χ2v) is 9.35. The van der Waals surface area contributed by atoms with Gasteiger partial charge in [-0.15, -0.1) is 11.3 Å². The van der Waals surface area contributed by atoms with Crippen LogP contribution in [0.15, 0.2) is 46.7 Å². The molecule has 1 amide bonds. The molecule has 30 heavy (non-hydrogen) atoms. The standard InChI is InChI=1S/C21H23N3O4S2/c1-13-9-19(28-4)20(10-14(13)2)30(26,27)24-21-23-18(12-29-21)17-7-5-16(6-8-17)11-22-15(3)25/h5-10,12H,11H2,1-4H3,(H,22,25)(H,23,24). The third-order valence-electron chi connectivity index (χ3n) is 4.59. The molecule has 3 aromatic rings. The Kier molecular flexibility index (Phi) is 6.42. The summed E-state index contributed by atoms with van der Waals surface area (Å²) in [6.07, 6.45) is 0. The number of aromatic nitrogens is 1. The minimum atomic E-state index is -3.85. The summed E-state index contributed by atoms with van der Waals surface area (Å²) in [4.78, 5) is 15.5. The van der Waals surface area contributed by atoms with Crippen LogP contribution >= 0.6 is 11.3 Å². The molecule has 2 aromatic carbocycles. The fourth-order valence-corrected chi connectivity index (χ4v) is 4.98. The highest BCUT2D eigenvalue weighted by atomic mass is 32.2. The molecule has 9 heteroatoms. The molecule has 0 aliphatic carbocycles. The van der Waals surface area contributed by atoms with Crippen LogP contribution in [0.25, 0.3) is 11.3 Å². The Bertz CT molecular complexity index is 1170. The van der Waals surface area contributed by atoms with Crippen molar-refractivity contribution in [3.8, 4) is 17.0 Å². The van der Waals surface area contributed by atoms with Crippen LogP contribution in [-0.4, -0.2) is 26.4 Å². The van der Waals surface area contributed by atoms with E-state index in [9.17, 15) is 13.2 Å². The zero-order valence-electron chi connectivity index (χ0n) is 17.1. The first-order valence-corrected chi connectivity index (χ1v) is 11.5. The summed E-state index contributed by atoms with van der Waals surface area (Å²) in [6, 6.07) is 10.9. The van der Waals surface area contributed by atoms with E-state index in [0.29, 0.717) is 12.2 Å². The minimum absolute atomic E-state index is 0.0761. The van der Waals surface area contributed by atoms with Crippen LogP contribution in [0.1, 0.15) is 23.6 Å². The van der Waals surface area contributed by atoms with E-state index in [2.05, 4.69) is 15.0 Å². The maximum absolute atomic E-state index is 12.9. The number of carbonyl (C=O) groups excluding carboxylic acids is 1. The summed E-state index contributed by atoms with van der Waals surface area (Å²) < 4.78 is 33.6. The molecular formula is C21H23N3O4S2. The average Bonchev–Trinajstić information content (AvgIpc) is 3.16. The molecule has 1 aromatic heterocycles. The van der Waals surface area contributed by atoms with Crippen molar-refractivity contribution in [2.75, 3.05) is 11.8 Å². The van der Waals surface area contributed by atoms with E-state index >= 15 is 0 Å². The average molecular weight is 446 g/mol. The number of aryl methyl sites for hydroxylation is 2. The SMILES string of the molecule is COc1cc(C)c(C)cc1S(=O)(=O)Nc1nc(-c2ccc(CNC(C)=O)cc2)cs1. The topological polar surface area (TPSA) is 97.4 Å². The molecule has 0 aliphatic heterocycles. The first kappa shape index (κ1) is 21.8. The number of nitrogens with one attached hydrogen (secondary N) is 2. The molecule has 0 atom stereocenters. The molecule has 0 fully saturated rings. The summed E-state index contributed by atoms with van der Waals surface area (Å²) in [5.74, 6) is 0.202. The Hall–Kier alpha value is -2.91. The fourth-order valence-electron chi connectivity index (χ4n) is 2.78. The highest BCUT2D eigenvalue weighted by molar-refractivity contribution is 7.93. The van der Waals surface area contributed by atoms with Crippen molar-refractivity contribution < 1.29 is 17.9 Å². The molecule has 1 heterocycles. The lowest BCUT2D eigenvalue weighted by atomic mass is 10.1. The van der Waals surface area contributed by atoms with Gasteiger partial charge < -0.3 is 10.1 Å². The van der Waals surface area contributed by atoms with Gasteiger partial charge in [-0.2, -0.15) is 0 Å². The molecule has 0 unspecified atom stereocenters. The largest absolute Gasteiger partial charge is 0.495 e. The molecule has 0 saturated heterocycles. The van der Waals surface area contributed by atoms with Crippen LogP contribution in [0.5, 0.6) is 5.75 Å². The predicted octanol–water partition coefficient (Wildman–Crippen LogP) is 3.87. The van der Waals surface area contributed by atoms with Gasteiger partial charge in [-0.3, -0.25) is 9.52 Å². The monoisotopic (exact) mass is 445 g/mol. The van der Waals surface area contributed by atoms with Gasteiger partial charge in [-0.05, 0) is 42.7 Å². The number of rotatable bonds is 7. The smallest absolute Gasteiger partial charge is 0.267 e. The number of sulfonamides is 1. The zero-order chi connectivity index (χ0) is 21.9. The number of carbonyl (C=O) groups is 1. The third kappa shape index (κ3) is 4.98. The highest BCUT2D eigenvalue weighted by Gasteiger charge is 2.22. The number of benzene rings is 2.